The van der Waals surface area contributed by atoms with Crippen LogP contribution in [0.5, 0.6) is 5.75 Å². The Balaban J connectivity index is 1.41. The van der Waals surface area contributed by atoms with Gasteiger partial charge in [0.15, 0.2) is 0 Å². The number of allylic oxidation sites excluding steroid dienone is 2. The predicted molar refractivity (Wildman–Crippen MR) is 143 cm³/mol. The molecule has 3 heterocycles. The first kappa shape index (κ1) is 25.4. The number of likely N-dealkylation sites (tertiary alicyclic amines) is 1. The van der Waals surface area contributed by atoms with Gasteiger partial charge in [0, 0.05) is 18.7 Å². The van der Waals surface area contributed by atoms with Gasteiger partial charge in [-0.15, -0.1) is 0 Å². The Morgan fingerprint density at radius 1 is 1.08 bits per heavy atom. The minimum atomic E-state index is -0.276. The Labute approximate surface area is 219 Å². The number of carbonyl (C=O) groups is 2. The van der Waals surface area contributed by atoms with Crippen molar-refractivity contribution < 1.29 is 19.4 Å². The van der Waals surface area contributed by atoms with Crippen LogP contribution in [-0.4, -0.2) is 46.1 Å². The van der Waals surface area contributed by atoms with Crippen molar-refractivity contribution in [2.45, 2.75) is 58.5 Å². The number of phenolic OH excluding ortho intramolecular Hbond substituents is 1. The van der Waals surface area contributed by atoms with Crippen LogP contribution in [0, 0.1) is 17.8 Å². The molecule has 1 aromatic heterocycles. The number of pyridine rings is 1. The van der Waals surface area contributed by atoms with E-state index in [4.69, 9.17) is 4.74 Å². The van der Waals surface area contributed by atoms with Crippen molar-refractivity contribution in [2.75, 3.05) is 13.2 Å². The van der Waals surface area contributed by atoms with Gasteiger partial charge in [0.1, 0.15) is 5.75 Å². The Morgan fingerprint density at radius 2 is 1.89 bits per heavy atom. The summed E-state index contributed by atoms with van der Waals surface area (Å²) in [6.45, 7) is 5.20. The molecular formula is C31H36N2O4. The van der Waals surface area contributed by atoms with Crippen molar-refractivity contribution in [1.29, 1.82) is 0 Å². The summed E-state index contributed by atoms with van der Waals surface area (Å²) in [6, 6.07) is 13.1. The van der Waals surface area contributed by atoms with E-state index >= 15 is 0 Å². The number of ether oxygens (including phenoxy) is 1. The molecule has 0 unspecified atom stereocenters. The lowest BCUT2D eigenvalue weighted by Crippen LogP contribution is -2.34. The molecule has 2 aromatic rings. The minimum absolute atomic E-state index is 0.000508. The van der Waals surface area contributed by atoms with Crippen LogP contribution in [-0.2, 0) is 14.3 Å². The summed E-state index contributed by atoms with van der Waals surface area (Å²) in [6.07, 6.45) is 8.85. The highest BCUT2D eigenvalue weighted by atomic mass is 16.5. The first-order valence-corrected chi connectivity index (χ1v) is 13.6. The number of rotatable bonds is 9. The standard InChI is InChI=1S/C31H36N2O4/c1-3-7-22-18-24-29(31(36)33(16-4-2)30(24)35)25-19-37-27(28(22)25)14-11-21(26-8-5-6-15-32-26)17-20-9-12-23(34)13-10-20/h5-6,8-10,12-13,15,17,24-25,27,29,34H,3-4,7,11,14,16,18-19H2,1-2H3/b21-17-/t24-,25+,27-,29-/m1/s1. The zero-order valence-corrected chi connectivity index (χ0v) is 21.7. The fraction of sp³-hybridized carbons (Fsp3) is 0.452. The van der Waals surface area contributed by atoms with Crippen molar-refractivity contribution in [3.63, 3.8) is 0 Å². The second kappa shape index (κ2) is 11.0. The molecule has 4 atom stereocenters. The summed E-state index contributed by atoms with van der Waals surface area (Å²) in [5.74, 6) is -0.242. The number of hydrogen-bond acceptors (Lipinski definition) is 5. The number of carbonyl (C=O) groups excluding carboxylic acids is 2. The molecule has 0 spiro atoms. The fourth-order valence-electron chi connectivity index (χ4n) is 6.41. The Morgan fingerprint density at radius 3 is 2.59 bits per heavy atom. The molecule has 5 rings (SSSR count). The topological polar surface area (TPSA) is 79.7 Å². The summed E-state index contributed by atoms with van der Waals surface area (Å²) in [5, 5.41) is 9.68. The van der Waals surface area contributed by atoms with Crippen molar-refractivity contribution in [2.24, 2.45) is 17.8 Å². The highest BCUT2D eigenvalue weighted by molar-refractivity contribution is 6.06. The number of benzene rings is 1. The molecule has 2 fully saturated rings. The van der Waals surface area contributed by atoms with Crippen molar-refractivity contribution in [3.8, 4) is 5.75 Å². The molecule has 1 aliphatic carbocycles. The van der Waals surface area contributed by atoms with Crippen LogP contribution in [0.3, 0.4) is 0 Å². The summed E-state index contributed by atoms with van der Waals surface area (Å²) in [4.78, 5) is 32.6. The number of imide groups is 1. The fourth-order valence-corrected chi connectivity index (χ4v) is 6.41. The van der Waals surface area contributed by atoms with Crippen molar-refractivity contribution in [1.82, 2.24) is 9.88 Å². The molecule has 0 saturated carbocycles. The van der Waals surface area contributed by atoms with Crippen LogP contribution in [0.1, 0.15) is 63.6 Å². The largest absolute Gasteiger partial charge is 0.508 e. The highest BCUT2D eigenvalue weighted by Crippen LogP contribution is 2.50. The van der Waals surface area contributed by atoms with Gasteiger partial charge >= 0.3 is 0 Å². The maximum absolute atomic E-state index is 13.3. The number of aromatic nitrogens is 1. The average Bonchev–Trinajstić information content (AvgIpc) is 3.43. The molecule has 3 aliphatic rings. The van der Waals surface area contributed by atoms with E-state index in [9.17, 15) is 14.7 Å². The lowest BCUT2D eigenvalue weighted by atomic mass is 9.68. The zero-order chi connectivity index (χ0) is 25.9. The average molecular weight is 501 g/mol. The summed E-state index contributed by atoms with van der Waals surface area (Å²) < 4.78 is 6.40. The van der Waals surface area contributed by atoms with Crippen molar-refractivity contribution in [3.05, 3.63) is 71.1 Å². The van der Waals surface area contributed by atoms with Crippen LogP contribution in [0.25, 0.3) is 11.6 Å². The molecule has 6 heteroatoms. The molecule has 37 heavy (non-hydrogen) atoms. The Hall–Kier alpha value is -3.25. The quantitative estimate of drug-likeness (QED) is 0.356. The smallest absolute Gasteiger partial charge is 0.233 e. The normalized spacial score (nSPS) is 25.6. The van der Waals surface area contributed by atoms with E-state index < -0.39 is 0 Å². The second-order valence-electron chi connectivity index (χ2n) is 10.4. The number of nitrogens with zero attached hydrogens (tertiary/aromatic N) is 2. The lowest BCUT2D eigenvalue weighted by Gasteiger charge is -2.32. The monoisotopic (exact) mass is 500 g/mol. The SMILES string of the molecule is CCCC1=C2[C@@H](CC/C(=C/c3ccc(O)cc3)c3ccccn3)OC[C@@H]2[C@@H]2C(=O)N(CCC)C(=O)[C@@H]2C1. The van der Waals surface area contributed by atoms with Crippen LogP contribution in [0.4, 0.5) is 0 Å². The number of hydrogen-bond donors (Lipinski definition) is 1. The number of phenols is 1. The molecule has 6 nitrogen and oxygen atoms in total. The van der Waals surface area contributed by atoms with E-state index in [1.807, 2.05) is 37.3 Å². The van der Waals surface area contributed by atoms with Gasteiger partial charge in [-0.1, -0.05) is 44.0 Å². The lowest BCUT2D eigenvalue weighted by molar-refractivity contribution is -0.140. The minimum Gasteiger partial charge on any atom is -0.508 e. The first-order chi connectivity index (χ1) is 18.0. The van der Waals surface area contributed by atoms with E-state index in [-0.39, 0.29) is 41.4 Å². The molecule has 2 saturated heterocycles. The van der Waals surface area contributed by atoms with E-state index in [1.54, 1.807) is 18.3 Å². The maximum atomic E-state index is 13.3. The zero-order valence-electron chi connectivity index (χ0n) is 21.7. The third-order valence-electron chi connectivity index (χ3n) is 8.00. The molecule has 194 valence electrons. The number of aromatic hydroxyl groups is 1. The Bertz CT molecular complexity index is 1200. The second-order valence-corrected chi connectivity index (χ2v) is 10.4. The maximum Gasteiger partial charge on any atom is 0.233 e. The van der Waals surface area contributed by atoms with Gasteiger partial charge in [-0.2, -0.15) is 0 Å². The van der Waals surface area contributed by atoms with Crippen LogP contribution < -0.4 is 0 Å². The van der Waals surface area contributed by atoms with E-state index in [0.29, 0.717) is 19.6 Å². The van der Waals surface area contributed by atoms with Gasteiger partial charge in [0.2, 0.25) is 11.8 Å². The van der Waals surface area contributed by atoms with Gasteiger partial charge < -0.3 is 9.84 Å². The van der Waals surface area contributed by atoms with Gasteiger partial charge in [0.05, 0.1) is 30.2 Å². The van der Waals surface area contributed by atoms with Gasteiger partial charge in [-0.3, -0.25) is 19.5 Å². The highest BCUT2D eigenvalue weighted by Gasteiger charge is 2.56. The number of fused-ring (bicyclic) bond motifs is 3. The Kier molecular flexibility index (Phi) is 7.56. The van der Waals surface area contributed by atoms with Gasteiger partial charge in [-0.05, 0) is 79.2 Å². The van der Waals surface area contributed by atoms with Crippen molar-refractivity contribution >= 4 is 23.5 Å². The third-order valence-corrected chi connectivity index (χ3v) is 8.00. The molecule has 2 aliphatic heterocycles. The summed E-state index contributed by atoms with van der Waals surface area (Å²) in [7, 11) is 0. The van der Waals surface area contributed by atoms with E-state index in [1.165, 1.54) is 16.0 Å². The molecule has 1 aromatic carbocycles. The van der Waals surface area contributed by atoms with E-state index in [0.717, 1.165) is 48.9 Å². The summed E-state index contributed by atoms with van der Waals surface area (Å²) >= 11 is 0. The predicted octanol–water partition coefficient (Wildman–Crippen LogP) is 5.63. The molecule has 0 radical (unpaired) electrons. The van der Waals surface area contributed by atoms with E-state index in [2.05, 4.69) is 18.0 Å². The number of amides is 2. The van der Waals surface area contributed by atoms with Crippen LogP contribution >= 0.6 is 0 Å². The van der Waals surface area contributed by atoms with Gasteiger partial charge in [0.25, 0.3) is 0 Å². The molecule has 0 bridgehead atoms. The molecular weight excluding hydrogens is 464 g/mol. The third kappa shape index (κ3) is 4.99. The first-order valence-electron chi connectivity index (χ1n) is 13.6. The molecule has 2 amide bonds. The molecule has 1 N–H and O–H groups in total. The van der Waals surface area contributed by atoms with Crippen LogP contribution in [0.15, 0.2) is 59.8 Å². The van der Waals surface area contributed by atoms with Crippen LogP contribution in [0.2, 0.25) is 0 Å². The van der Waals surface area contributed by atoms with Gasteiger partial charge in [-0.25, -0.2) is 0 Å². The summed E-state index contributed by atoms with van der Waals surface area (Å²) in [5.41, 5.74) is 5.64.